The lowest BCUT2D eigenvalue weighted by Gasteiger charge is -2.43. The Morgan fingerprint density at radius 2 is 1.21 bits per heavy atom. The SMILES string of the molecule is CCCCCCCC/C=C\CCCCCCCCC(C)(C(=O)O)[N+](C)(C)CC. The lowest BCUT2D eigenvalue weighted by atomic mass is 9.90. The van der Waals surface area contributed by atoms with Crippen molar-refractivity contribution in [2.24, 2.45) is 0 Å². The van der Waals surface area contributed by atoms with E-state index in [1.807, 2.05) is 21.0 Å². The van der Waals surface area contributed by atoms with Gasteiger partial charge in [0.05, 0.1) is 20.6 Å². The predicted molar refractivity (Wildman–Crippen MR) is 123 cm³/mol. The normalized spacial score (nSPS) is 14.5. The molecular weight excluding hydrogens is 346 g/mol. The summed E-state index contributed by atoms with van der Waals surface area (Å²) >= 11 is 0. The molecule has 1 N–H and O–H groups in total. The van der Waals surface area contributed by atoms with Crippen molar-refractivity contribution in [2.45, 2.75) is 123 Å². The van der Waals surface area contributed by atoms with E-state index in [1.54, 1.807) is 0 Å². The van der Waals surface area contributed by atoms with E-state index in [9.17, 15) is 9.90 Å². The van der Waals surface area contributed by atoms with Gasteiger partial charge in [-0.15, -0.1) is 0 Å². The first kappa shape index (κ1) is 27.2. The van der Waals surface area contributed by atoms with E-state index in [-0.39, 0.29) is 0 Å². The van der Waals surface area contributed by atoms with Crippen LogP contribution in [0.4, 0.5) is 0 Å². The van der Waals surface area contributed by atoms with Gasteiger partial charge in [-0.05, 0) is 39.0 Å². The Morgan fingerprint density at radius 1 is 0.786 bits per heavy atom. The summed E-state index contributed by atoms with van der Waals surface area (Å²) in [5.41, 5.74) is -0.671. The quantitative estimate of drug-likeness (QED) is 0.141. The van der Waals surface area contributed by atoms with Crippen LogP contribution in [0.1, 0.15) is 117 Å². The summed E-state index contributed by atoms with van der Waals surface area (Å²) in [4.78, 5) is 11.8. The number of quaternary nitrogens is 1. The van der Waals surface area contributed by atoms with Crippen molar-refractivity contribution >= 4 is 5.97 Å². The van der Waals surface area contributed by atoms with Crippen LogP contribution in [-0.2, 0) is 4.79 Å². The standard InChI is InChI=1S/C25H49NO2/c1-6-8-9-10-11-12-13-14-15-16-17-18-19-20-21-22-23-25(3,24(27)28)26(4,5)7-2/h14-15H,6-13,16-23H2,1-5H3/p+1/b15-14-. The number of likely N-dealkylation sites (N-methyl/N-ethyl adjacent to an activating group) is 1. The molecule has 0 aliphatic rings. The highest BCUT2D eigenvalue weighted by atomic mass is 16.4. The van der Waals surface area contributed by atoms with Gasteiger partial charge in [-0.25, -0.2) is 4.79 Å². The topological polar surface area (TPSA) is 37.3 Å². The van der Waals surface area contributed by atoms with E-state index >= 15 is 0 Å². The number of carboxylic acid groups (broad SMARTS) is 1. The molecule has 0 saturated carbocycles. The molecule has 0 radical (unpaired) electrons. The third kappa shape index (κ3) is 11.2. The second-order valence-corrected chi connectivity index (χ2v) is 9.27. The monoisotopic (exact) mass is 396 g/mol. The third-order valence-electron chi connectivity index (χ3n) is 6.76. The van der Waals surface area contributed by atoms with E-state index in [1.165, 1.54) is 77.0 Å². The lowest BCUT2D eigenvalue weighted by molar-refractivity contribution is -0.929. The van der Waals surface area contributed by atoms with Gasteiger partial charge in [0.2, 0.25) is 0 Å². The van der Waals surface area contributed by atoms with Crippen LogP contribution in [-0.4, -0.2) is 41.7 Å². The van der Waals surface area contributed by atoms with Gasteiger partial charge in [-0.2, -0.15) is 0 Å². The molecule has 0 aromatic carbocycles. The summed E-state index contributed by atoms with van der Waals surface area (Å²) in [6.45, 7) is 7.10. The predicted octanol–water partition coefficient (Wildman–Crippen LogP) is 7.35. The van der Waals surface area contributed by atoms with Crippen molar-refractivity contribution in [3.63, 3.8) is 0 Å². The zero-order valence-corrected chi connectivity index (χ0v) is 19.8. The molecule has 0 amide bonds. The highest BCUT2D eigenvalue weighted by Gasteiger charge is 2.46. The Balaban J connectivity index is 3.64. The molecule has 0 rings (SSSR count). The smallest absolute Gasteiger partial charge is 0.365 e. The van der Waals surface area contributed by atoms with Crippen LogP contribution < -0.4 is 0 Å². The molecule has 28 heavy (non-hydrogen) atoms. The molecular formula is C25H50NO2+. The number of carboxylic acids is 1. The number of carbonyl (C=O) groups is 1. The lowest BCUT2D eigenvalue weighted by Crippen LogP contribution is -2.62. The van der Waals surface area contributed by atoms with Crippen molar-refractivity contribution in [1.82, 2.24) is 0 Å². The van der Waals surface area contributed by atoms with Crippen molar-refractivity contribution in [1.29, 1.82) is 0 Å². The van der Waals surface area contributed by atoms with E-state index < -0.39 is 11.5 Å². The van der Waals surface area contributed by atoms with Crippen LogP contribution in [0.3, 0.4) is 0 Å². The number of nitrogens with zero attached hydrogens (tertiary/aromatic N) is 1. The second kappa shape index (κ2) is 16.0. The number of rotatable bonds is 19. The molecule has 0 heterocycles. The number of hydrogen-bond donors (Lipinski definition) is 1. The summed E-state index contributed by atoms with van der Waals surface area (Å²) in [6, 6.07) is 0. The Bertz CT molecular complexity index is 417. The van der Waals surface area contributed by atoms with Crippen molar-refractivity contribution in [2.75, 3.05) is 20.6 Å². The first-order chi connectivity index (χ1) is 13.3. The van der Waals surface area contributed by atoms with Crippen molar-refractivity contribution in [3.8, 4) is 0 Å². The number of hydrogen-bond acceptors (Lipinski definition) is 1. The minimum Gasteiger partial charge on any atom is -0.477 e. The molecule has 0 bridgehead atoms. The molecule has 0 aromatic rings. The van der Waals surface area contributed by atoms with Gasteiger partial charge < -0.3 is 9.59 Å². The fourth-order valence-corrected chi connectivity index (χ4v) is 3.73. The van der Waals surface area contributed by atoms with Gasteiger partial charge >= 0.3 is 5.97 Å². The van der Waals surface area contributed by atoms with Crippen LogP contribution >= 0.6 is 0 Å². The van der Waals surface area contributed by atoms with E-state index in [0.29, 0.717) is 4.48 Å². The third-order valence-corrected chi connectivity index (χ3v) is 6.76. The molecule has 0 saturated heterocycles. The first-order valence-corrected chi connectivity index (χ1v) is 12.0. The average molecular weight is 397 g/mol. The van der Waals surface area contributed by atoms with Crippen LogP contribution in [0, 0.1) is 0 Å². The molecule has 3 heteroatoms. The number of unbranched alkanes of at least 4 members (excludes halogenated alkanes) is 12. The van der Waals surface area contributed by atoms with Gasteiger partial charge in [0.25, 0.3) is 0 Å². The van der Waals surface area contributed by atoms with Crippen LogP contribution in [0.25, 0.3) is 0 Å². The second-order valence-electron chi connectivity index (χ2n) is 9.27. The maximum atomic E-state index is 11.8. The summed E-state index contributed by atoms with van der Waals surface area (Å²) in [5, 5.41) is 9.70. The zero-order valence-electron chi connectivity index (χ0n) is 19.8. The minimum absolute atomic E-state index is 0.549. The van der Waals surface area contributed by atoms with Crippen molar-refractivity contribution < 1.29 is 14.4 Å². The van der Waals surface area contributed by atoms with Gasteiger partial charge in [0.15, 0.2) is 5.54 Å². The molecule has 0 fully saturated rings. The van der Waals surface area contributed by atoms with E-state index in [2.05, 4.69) is 26.0 Å². The maximum Gasteiger partial charge on any atom is 0.365 e. The summed E-state index contributed by atoms with van der Waals surface area (Å²) in [5.74, 6) is -0.660. The molecule has 3 nitrogen and oxygen atoms in total. The molecule has 0 aliphatic carbocycles. The minimum atomic E-state index is -0.671. The molecule has 0 aliphatic heterocycles. The Kier molecular flexibility index (Phi) is 15.5. The van der Waals surface area contributed by atoms with Crippen LogP contribution in [0.5, 0.6) is 0 Å². The van der Waals surface area contributed by atoms with Gasteiger partial charge in [0.1, 0.15) is 0 Å². The van der Waals surface area contributed by atoms with Crippen LogP contribution in [0.15, 0.2) is 12.2 Å². The maximum absolute atomic E-state index is 11.8. The zero-order chi connectivity index (χ0) is 21.3. The largest absolute Gasteiger partial charge is 0.477 e. The number of aliphatic carboxylic acids is 1. The summed E-state index contributed by atoms with van der Waals surface area (Å²) < 4.78 is 0.549. The molecule has 1 atom stereocenters. The molecule has 166 valence electrons. The molecule has 1 unspecified atom stereocenters. The summed E-state index contributed by atoms with van der Waals surface area (Å²) in [7, 11) is 4.07. The van der Waals surface area contributed by atoms with Crippen molar-refractivity contribution in [3.05, 3.63) is 12.2 Å². The highest BCUT2D eigenvalue weighted by Crippen LogP contribution is 2.27. The average Bonchev–Trinajstić information content (AvgIpc) is 2.67. The fraction of sp³-hybridized carbons (Fsp3) is 0.880. The fourth-order valence-electron chi connectivity index (χ4n) is 3.73. The van der Waals surface area contributed by atoms with Gasteiger partial charge in [0, 0.05) is 13.3 Å². The Morgan fingerprint density at radius 3 is 1.64 bits per heavy atom. The summed E-state index contributed by atoms with van der Waals surface area (Å²) in [6.07, 6.45) is 23.5. The van der Waals surface area contributed by atoms with Crippen LogP contribution in [0.2, 0.25) is 0 Å². The Labute approximate surface area is 176 Å². The Hall–Kier alpha value is -0.830. The molecule has 0 aromatic heterocycles. The molecule has 0 spiro atoms. The van der Waals surface area contributed by atoms with E-state index in [4.69, 9.17) is 0 Å². The highest BCUT2D eigenvalue weighted by molar-refractivity contribution is 5.76. The number of allylic oxidation sites excluding steroid dienone is 2. The van der Waals surface area contributed by atoms with Gasteiger partial charge in [-0.1, -0.05) is 76.9 Å². The van der Waals surface area contributed by atoms with Gasteiger partial charge in [-0.3, -0.25) is 0 Å². The first-order valence-electron chi connectivity index (χ1n) is 12.0. The van der Waals surface area contributed by atoms with E-state index in [0.717, 1.165) is 25.8 Å².